The SMILES string of the molecule is Cc1ccc(N2C(=O)CC(Sc3ccc(NC(=O)C=CC(=O)O)cc3)C2=O)cc1C. The zero-order chi connectivity index (χ0) is 21.8. The Morgan fingerprint density at radius 3 is 2.40 bits per heavy atom. The number of thioether (sulfide) groups is 1. The highest BCUT2D eigenvalue weighted by Gasteiger charge is 2.40. The minimum atomic E-state index is -1.21. The Morgan fingerprint density at radius 2 is 1.77 bits per heavy atom. The third kappa shape index (κ3) is 4.96. The molecule has 1 aliphatic rings. The Hall–Kier alpha value is -3.39. The number of carbonyl (C=O) groups excluding carboxylic acids is 3. The number of hydrogen-bond acceptors (Lipinski definition) is 5. The quantitative estimate of drug-likeness (QED) is 0.545. The van der Waals surface area contributed by atoms with Crippen LogP contribution in [0, 0.1) is 13.8 Å². The molecular weight excluding hydrogens is 404 g/mol. The van der Waals surface area contributed by atoms with Gasteiger partial charge in [0, 0.05) is 29.2 Å². The van der Waals surface area contributed by atoms with Crippen molar-refractivity contribution < 1.29 is 24.3 Å². The van der Waals surface area contributed by atoms with Gasteiger partial charge in [0.15, 0.2) is 0 Å². The maximum absolute atomic E-state index is 12.8. The number of amides is 3. The number of aryl methyl sites for hydroxylation is 2. The number of carboxylic acid groups (broad SMARTS) is 1. The van der Waals surface area contributed by atoms with Crippen LogP contribution >= 0.6 is 11.8 Å². The lowest BCUT2D eigenvalue weighted by molar-refractivity contribution is -0.131. The predicted octanol–water partition coefficient (Wildman–Crippen LogP) is 3.31. The Balaban J connectivity index is 1.66. The lowest BCUT2D eigenvalue weighted by atomic mass is 10.1. The first-order chi connectivity index (χ1) is 14.2. The van der Waals surface area contributed by atoms with Crippen molar-refractivity contribution in [2.75, 3.05) is 10.2 Å². The van der Waals surface area contributed by atoms with Gasteiger partial charge in [0.2, 0.25) is 17.7 Å². The molecule has 1 heterocycles. The van der Waals surface area contributed by atoms with Crippen molar-refractivity contribution in [3.8, 4) is 0 Å². The molecule has 0 bridgehead atoms. The molecule has 154 valence electrons. The summed E-state index contributed by atoms with van der Waals surface area (Å²) in [6.45, 7) is 3.91. The molecule has 30 heavy (non-hydrogen) atoms. The molecule has 1 saturated heterocycles. The predicted molar refractivity (Wildman–Crippen MR) is 115 cm³/mol. The molecule has 8 heteroatoms. The van der Waals surface area contributed by atoms with E-state index >= 15 is 0 Å². The summed E-state index contributed by atoms with van der Waals surface area (Å²) >= 11 is 1.29. The molecule has 0 aromatic heterocycles. The highest BCUT2D eigenvalue weighted by atomic mass is 32.2. The molecule has 0 radical (unpaired) electrons. The monoisotopic (exact) mass is 424 g/mol. The molecule has 7 nitrogen and oxygen atoms in total. The molecule has 1 fully saturated rings. The van der Waals surface area contributed by atoms with Gasteiger partial charge in [-0.2, -0.15) is 0 Å². The van der Waals surface area contributed by atoms with Crippen LogP contribution in [-0.4, -0.2) is 34.0 Å². The van der Waals surface area contributed by atoms with Crippen molar-refractivity contribution in [1.82, 2.24) is 0 Å². The minimum Gasteiger partial charge on any atom is -0.478 e. The normalized spacial score (nSPS) is 16.3. The zero-order valence-electron chi connectivity index (χ0n) is 16.4. The highest BCUT2D eigenvalue weighted by Crippen LogP contribution is 2.34. The van der Waals surface area contributed by atoms with Crippen LogP contribution in [0.1, 0.15) is 17.5 Å². The van der Waals surface area contributed by atoms with E-state index < -0.39 is 17.1 Å². The number of hydrogen-bond donors (Lipinski definition) is 2. The fourth-order valence-electron chi connectivity index (χ4n) is 2.94. The lowest BCUT2D eigenvalue weighted by Crippen LogP contribution is -2.31. The van der Waals surface area contributed by atoms with E-state index in [1.807, 2.05) is 26.0 Å². The molecule has 2 N–H and O–H groups in total. The van der Waals surface area contributed by atoms with Crippen molar-refractivity contribution in [3.05, 3.63) is 65.7 Å². The number of carboxylic acids is 1. The van der Waals surface area contributed by atoms with Gasteiger partial charge < -0.3 is 10.4 Å². The number of rotatable bonds is 6. The number of benzene rings is 2. The van der Waals surface area contributed by atoms with Gasteiger partial charge in [-0.25, -0.2) is 9.69 Å². The summed E-state index contributed by atoms with van der Waals surface area (Å²) in [5.41, 5.74) is 3.18. The summed E-state index contributed by atoms with van der Waals surface area (Å²) in [6.07, 6.45) is 1.80. The summed E-state index contributed by atoms with van der Waals surface area (Å²) in [6, 6.07) is 12.3. The Morgan fingerprint density at radius 1 is 1.07 bits per heavy atom. The topological polar surface area (TPSA) is 104 Å². The summed E-state index contributed by atoms with van der Waals surface area (Å²) in [5.74, 6) is -2.24. The van der Waals surface area contributed by atoms with Gasteiger partial charge in [0.05, 0.1) is 10.9 Å². The maximum atomic E-state index is 12.8. The van der Waals surface area contributed by atoms with Gasteiger partial charge in [0.1, 0.15) is 0 Å². The summed E-state index contributed by atoms with van der Waals surface area (Å²) < 4.78 is 0. The van der Waals surface area contributed by atoms with Crippen LogP contribution in [0.5, 0.6) is 0 Å². The van der Waals surface area contributed by atoms with Crippen LogP contribution in [-0.2, 0) is 19.2 Å². The maximum Gasteiger partial charge on any atom is 0.328 e. The smallest absolute Gasteiger partial charge is 0.328 e. The highest BCUT2D eigenvalue weighted by molar-refractivity contribution is 8.00. The van der Waals surface area contributed by atoms with E-state index in [1.165, 1.54) is 16.7 Å². The first kappa shape index (κ1) is 21.3. The van der Waals surface area contributed by atoms with Crippen molar-refractivity contribution in [1.29, 1.82) is 0 Å². The van der Waals surface area contributed by atoms with E-state index in [0.717, 1.165) is 28.2 Å². The van der Waals surface area contributed by atoms with Crippen molar-refractivity contribution >= 4 is 46.8 Å². The fourth-order valence-corrected chi connectivity index (χ4v) is 4.00. The number of carbonyl (C=O) groups is 4. The molecule has 0 spiro atoms. The molecule has 1 atom stereocenters. The van der Waals surface area contributed by atoms with Crippen molar-refractivity contribution in [2.45, 2.75) is 30.4 Å². The number of nitrogens with zero attached hydrogens (tertiary/aromatic N) is 1. The Labute approximate surface area is 177 Å². The molecule has 0 aliphatic carbocycles. The molecule has 1 unspecified atom stereocenters. The second-order valence-electron chi connectivity index (χ2n) is 6.83. The van der Waals surface area contributed by atoms with Crippen molar-refractivity contribution in [2.24, 2.45) is 0 Å². The average Bonchev–Trinajstić information content (AvgIpc) is 2.97. The lowest BCUT2D eigenvalue weighted by Gasteiger charge is -2.16. The minimum absolute atomic E-state index is 0.120. The average molecular weight is 424 g/mol. The molecule has 2 aromatic rings. The molecule has 2 aromatic carbocycles. The number of aliphatic carboxylic acids is 1. The fraction of sp³-hybridized carbons (Fsp3) is 0.182. The van der Waals surface area contributed by atoms with E-state index in [-0.39, 0.29) is 18.2 Å². The van der Waals surface area contributed by atoms with E-state index in [9.17, 15) is 19.2 Å². The molecule has 1 aliphatic heterocycles. The number of anilines is 2. The van der Waals surface area contributed by atoms with Crippen LogP contribution in [0.15, 0.2) is 59.5 Å². The second-order valence-corrected chi connectivity index (χ2v) is 8.11. The standard InChI is InChI=1S/C22H20N2O5S/c1-13-3-6-16(11-14(13)2)24-20(26)12-18(22(24)29)30-17-7-4-15(5-8-17)23-19(25)9-10-21(27)28/h3-11,18H,12H2,1-2H3,(H,23,25)(H,27,28). The van der Waals surface area contributed by atoms with Crippen LogP contribution < -0.4 is 10.2 Å². The van der Waals surface area contributed by atoms with Crippen LogP contribution in [0.3, 0.4) is 0 Å². The first-order valence-electron chi connectivity index (χ1n) is 9.17. The third-order valence-corrected chi connectivity index (χ3v) is 5.83. The Bertz CT molecular complexity index is 1050. The van der Waals surface area contributed by atoms with Gasteiger partial charge in [-0.1, -0.05) is 6.07 Å². The third-order valence-electron chi connectivity index (χ3n) is 4.63. The molecule has 3 rings (SSSR count). The van der Waals surface area contributed by atoms with Gasteiger partial charge in [-0.15, -0.1) is 11.8 Å². The first-order valence-corrected chi connectivity index (χ1v) is 10.1. The second kappa shape index (κ2) is 8.96. The van der Waals surface area contributed by atoms with E-state index in [0.29, 0.717) is 11.4 Å². The van der Waals surface area contributed by atoms with E-state index in [1.54, 1.807) is 30.3 Å². The summed E-state index contributed by atoms with van der Waals surface area (Å²) in [7, 11) is 0. The van der Waals surface area contributed by atoms with E-state index in [2.05, 4.69) is 5.32 Å². The summed E-state index contributed by atoms with van der Waals surface area (Å²) in [4.78, 5) is 49.4. The molecule has 0 saturated carbocycles. The summed E-state index contributed by atoms with van der Waals surface area (Å²) in [5, 5.41) is 10.6. The molecular formula is C22H20N2O5S. The van der Waals surface area contributed by atoms with Crippen LogP contribution in [0.4, 0.5) is 11.4 Å². The Kier molecular flexibility index (Phi) is 6.37. The van der Waals surface area contributed by atoms with Gasteiger partial charge in [0.25, 0.3) is 0 Å². The van der Waals surface area contributed by atoms with Gasteiger partial charge in [-0.3, -0.25) is 14.4 Å². The number of imide groups is 1. The van der Waals surface area contributed by atoms with Crippen LogP contribution in [0.2, 0.25) is 0 Å². The van der Waals surface area contributed by atoms with Gasteiger partial charge in [-0.05, 0) is 61.4 Å². The largest absolute Gasteiger partial charge is 0.478 e. The molecule has 3 amide bonds. The number of nitrogens with one attached hydrogen (secondary N) is 1. The van der Waals surface area contributed by atoms with Gasteiger partial charge >= 0.3 is 5.97 Å². The van der Waals surface area contributed by atoms with E-state index in [4.69, 9.17) is 5.11 Å². The van der Waals surface area contributed by atoms with Crippen molar-refractivity contribution in [3.63, 3.8) is 0 Å². The van der Waals surface area contributed by atoms with Crippen LogP contribution in [0.25, 0.3) is 0 Å². The zero-order valence-corrected chi connectivity index (χ0v) is 17.2.